The molecule has 0 aromatic heterocycles. The van der Waals surface area contributed by atoms with Crippen molar-refractivity contribution < 1.29 is 19.1 Å². The maximum atomic E-state index is 12.4. The molecule has 0 aromatic rings. The Morgan fingerprint density at radius 1 is 0.765 bits per heavy atom. The molecular weight excluding hydrogens is 426 g/mol. The molecule has 1 heterocycles. The molecule has 1 saturated heterocycles. The molecule has 0 unspecified atom stereocenters. The number of esters is 2. The van der Waals surface area contributed by atoms with Crippen molar-refractivity contribution in [3.05, 3.63) is 0 Å². The second kappa shape index (κ2) is 14.5. The summed E-state index contributed by atoms with van der Waals surface area (Å²) in [5.41, 5.74) is 0.0613. The third kappa shape index (κ3) is 12.0. The van der Waals surface area contributed by atoms with Gasteiger partial charge in [-0.25, -0.2) is 0 Å². The van der Waals surface area contributed by atoms with Crippen molar-refractivity contribution >= 4 is 11.9 Å². The summed E-state index contributed by atoms with van der Waals surface area (Å²) >= 11 is 0. The Morgan fingerprint density at radius 2 is 1.18 bits per heavy atom. The number of hydrogen-bond donors (Lipinski definition) is 0. The van der Waals surface area contributed by atoms with Gasteiger partial charge in [-0.2, -0.15) is 0 Å². The van der Waals surface area contributed by atoms with Gasteiger partial charge in [0, 0.05) is 36.8 Å². The highest BCUT2D eigenvalue weighted by molar-refractivity contribution is 5.69. The Bertz CT molecular complexity index is 583. The number of piperidine rings is 1. The van der Waals surface area contributed by atoms with Crippen LogP contribution in [-0.2, 0) is 19.1 Å². The Balaban J connectivity index is 2.14. The molecule has 1 fully saturated rings. The summed E-state index contributed by atoms with van der Waals surface area (Å²) in [4.78, 5) is 27.0. The van der Waals surface area contributed by atoms with E-state index < -0.39 is 0 Å². The highest BCUT2D eigenvalue weighted by Crippen LogP contribution is 2.38. The number of hydrogen-bond acceptors (Lipinski definition) is 5. The van der Waals surface area contributed by atoms with E-state index in [1.54, 1.807) is 0 Å². The van der Waals surface area contributed by atoms with Crippen LogP contribution in [0.1, 0.15) is 132 Å². The fraction of sp³-hybridized carbons (Fsp3) is 0.931. The van der Waals surface area contributed by atoms with Gasteiger partial charge in [-0.15, -0.1) is 0 Å². The second-order valence-electron chi connectivity index (χ2n) is 12.7. The van der Waals surface area contributed by atoms with Crippen LogP contribution < -0.4 is 0 Å². The smallest absolute Gasteiger partial charge is 0.306 e. The average molecular weight is 482 g/mol. The summed E-state index contributed by atoms with van der Waals surface area (Å²) in [6.07, 6.45) is 10.8. The zero-order valence-electron chi connectivity index (χ0n) is 23.9. The standard InChI is InChI=1S/C29H55NO4/c1-22(2)18-24(19-23(3)4)33-26(31)16-14-12-10-11-13-15-17-27(32)34-25-20-28(5,6)30(9)29(7,8)21-25/h22-25H,10-21H2,1-9H3. The van der Waals surface area contributed by atoms with Gasteiger partial charge in [-0.05, 0) is 72.3 Å². The van der Waals surface area contributed by atoms with Crippen LogP contribution in [0.5, 0.6) is 0 Å². The van der Waals surface area contributed by atoms with E-state index >= 15 is 0 Å². The van der Waals surface area contributed by atoms with E-state index in [0.29, 0.717) is 24.7 Å². The van der Waals surface area contributed by atoms with Gasteiger partial charge in [-0.1, -0.05) is 53.4 Å². The molecule has 0 bridgehead atoms. The van der Waals surface area contributed by atoms with Crippen LogP contribution in [0.25, 0.3) is 0 Å². The first-order chi connectivity index (χ1) is 15.7. The molecule has 1 rings (SSSR count). The van der Waals surface area contributed by atoms with E-state index in [0.717, 1.165) is 64.2 Å². The number of unbranched alkanes of at least 4 members (excludes halogenated alkanes) is 5. The minimum atomic E-state index is -0.0544. The molecule has 0 saturated carbocycles. The maximum Gasteiger partial charge on any atom is 0.306 e. The maximum absolute atomic E-state index is 12.4. The molecular formula is C29H55NO4. The fourth-order valence-corrected chi connectivity index (χ4v) is 5.34. The molecule has 200 valence electrons. The number of carbonyl (C=O) groups is 2. The van der Waals surface area contributed by atoms with Crippen LogP contribution in [0.2, 0.25) is 0 Å². The summed E-state index contributed by atoms with van der Waals surface area (Å²) in [5, 5.41) is 0. The number of ether oxygens (including phenoxy) is 2. The third-order valence-electron chi connectivity index (χ3n) is 7.35. The highest BCUT2D eigenvalue weighted by atomic mass is 16.5. The van der Waals surface area contributed by atoms with Gasteiger partial charge in [0.2, 0.25) is 0 Å². The monoisotopic (exact) mass is 481 g/mol. The largest absolute Gasteiger partial charge is 0.462 e. The second-order valence-corrected chi connectivity index (χ2v) is 12.7. The lowest BCUT2D eigenvalue weighted by Gasteiger charge is -2.53. The highest BCUT2D eigenvalue weighted by Gasteiger charge is 2.44. The summed E-state index contributed by atoms with van der Waals surface area (Å²) in [6.45, 7) is 17.6. The van der Waals surface area contributed by atoms with E-state index in [1.807, 2.05) is 0 Å². The third-order valence-corrected chi connectivity index (χ3v) is 7.35. The predicted octanol–water partition coefficient (Wildman–Crippen LogP) is 7.31. The number of likely N-dealkylation sites (tertiary alicyclic amines) is 1. The molecule has 0 radical (unpaired) electrons. The average Bonchev–Trinajstić information content (AvgIpc) is 2.66. The lowest BCUT2D eigenvalue weighted by Crippen LogP contribution is -2.60. The minimum Gasteiger partial charge on any atom is -0.462 e. The first-order valence-electron chi connectivity index (χ1n) is 13.9. The summed E-state index contributed by atoms with van der Waals surface area (Å²) in [6, 6.07) is 0. The van der Waals surface area contributed by atoms with Crippen molar-refractivity contribution in [1.82, 2.24) is 4.90 Å². The van der Waals surface area contributed by atoms with E-state index in [-0.39, 0.29) is 35.2 Å². The molecule has 0 N–H and O–H groups in total. The molecule has 0 aromatic carbocycles. The van der Waals surface area contributed by atoms with E-state index in [9.17, 15) is 9.59 Å². The zero-order chi connectivity index (χ0) is 25.9. The van der Waals surface area contributed by atoms with Crippen LogP contribution in [0.4, 0.5) is 0 Å². The molecule has 0 amide bonds. The van der Waals surface area contributed by atoms with Gasteiger partial charge >= 0.3 is 11.9 Å². The Kier molecular flexibility index (Phi) is 13.2. The van der Waals surface area contributed by atoms with Gasteiger partial charge in [0.1, 0.15) is 12.2 Å². The van der Waals surface area contributed by atoms with Crippen LogP contribution in [0.15, 0.2) is 0 Å². The molecule has 5 nitrogen and oxygen atoms in total. The summed E-state index contributed by atoms with van der Waals surface area (Å²) in [7, 11) is 2.16. The van der Waals surface area contributed by atoms with E-state index in [1.165, 1.54) is 0 Å². The van der Waals surface area contributed by atoms with Gasteiger partial charge in [0.05, 0.1) is 0 Å². The van der Waals surface area contributed by atoms with Crippen molar-refractivity contribution in [1.29, 1.82) is 0 Å². The topological polar surface area (TPSA) is 55.8 Å². The van der Waals surface area contributed by atoms with Gasteiger partial charge < -0.3 is 9.47 Å². The zero-order valence-corrected chi connectivity index (χ0v) is 23.9. The summed E-state index contributed by atoms with van der Waals surface area (Å²) < 4.78 is 11.6. The normalized spacial score (nSPS) is 18.6. The molecule has 0 atom stereocenters. The van der Waals surface area contributed by atoms with Crippen LogP contribution in [-0.4, -0.2) is 47.2 Å². The summed E-state index contributed by atoms with van der Waals surface area (Å²) in [5.74, 6) is 0.976. The minimum absolute atomic E-state index is 0.00845. The van der Waals surface area contributed by atoms with Crippen molar-refractivity contribution in [2.45, 2.75) is 156 Å². The first kappa shape index (κ1) is 30.9. The molecule has 1 aliphatic heterocycles. The number of nitrogens with zero attached hydrogens (tertiary/aromatic N) is 1. The van der Waals surface area contributed by atoms with E-state index in [2.05, 4.69) is 67.3 Å². The molecule has 1 aliphatic rings. The Morgan fingerprint density at radius 3 is 1.62 bits per heavy atom. The van der Waals surface area contributed by atoms with Crippen LogP contribution >= 0.6 is 0 Å². The van der Waals surface area contributed by atoms with Crippen LogP contribution in [0, 0.1) is 11.8 Å². The van der Waals surface area contributed by atoms with Gasteiger partial charge in [-0.3, -0.25) is 14.5 Å². The number of carbonyl (C=O) groups excluding carboxylic acids is 2. The lowest BCUT2D eigenvalue weighted by atomic mass is 9.79. The first-order valence-corrected chi connectivity index (χ1v) is 13.9. The number of rotatable bonds is 15. The van der Waals surface area contributed by atoms with Gasteiger partial charge in [0.15, 0.2) is 0 Å². The molecule has 0 aliphatic carbocycles. The molecule has 34 heavy (non-hydrogen) atoms. The molecule has 5 heteroatoms. The lowest BCUT2D eigenvalue weighted by molar-refractivity contribution is -0.159. The van der Waals surface area contributed by atoms with Crippen molar-refractivity contribution in [3.8, 4) is 0 Å². The van der Waals surface area contributed by atoms with Gasteiger partial charge in [0.25, 0.3) is 0 Å². The van der Waals surface area contributed by atoms with E-state index in [4.69, 9.17) is 9.47 Å². The molecule has 0 spiro atoms. The SMILES string of the molecule is CC(C)CC(CC(C)C)OC(=O)CCCCCCCCC(=O)OC1CC(C)(C)N(C)C(C)(C)C1. The Labute approximate surface area is 210 Å². The predicted molar refractivity (Wildman–Crippen MR) is 141 cm³/mol. The van der Waals surface area contributed by atoms with Crippen molar-refractivity contribution in [3.63, 3.8) is 0 Å². The quantitative estimate of drug-likeness (QED) is 0.181. The van der Waals surface area contributed by atoms with Crippen LogP contribution in [0.3, 0.4) is 0 Å². The van der Waals surface area contributed by atoms with Crippen molar-refractivity contribution in [2.75, 3.05) is 7.05 Å². The van der Waals surface area contributed by atoms with Crippen molar-refractivity contribution in [2.24, 2.45) is 11.8 Å². The Hall–Kier alpha value is -1.10. The fourth-order valence-electron chi connectivity index (χ4n) is 5.34.